The largest absolute Gasteiger partial charge is 0.341 e. The summed E-state index contributed by atoms with van der Waals surface area (Å²) in [4.78, 5) is 3.64. The van der Waals surface area contributed by atoms with Gasteiger partial charge in [0.1, 0.15) is 13.1 Å². The fourth-order valence-electron chi connectivity index (χ4n) is 1.67. The molecule has 0 aromatic rings. The number of rotatable bonds is 2. The summed E-state index contributed by atoms with van der Waals surface area (Å²) in [5.74, 6) is 0. The van der Waals surface area contributed by atoms with Crippen LogP contribution in [0.4, 0.5) is 0 Å². The molecule has 0 N–H and O–H groups in total. The highest BCUT2D eigenvalue weighted by molar-refractivity contribution is 5.49. The van der Waals surface area contributed by atoms with Gasteiger partial charge in [-0.05, 0) is 35.5 Å². The molecule has 2 rings (SSSR count). The van der Waals surface area contributed by atoms with Crippen molar-refractivity contribution < 1.29 is 0 Å². The first kappa shape index (κ1) is 11.8. The van der Waals surface area contributed by atoms with Crippen LogP contribution in [0.3, 0.4) is 0 Å². The fourth-order valence-corrected chi connectivity index (χ4v) is 1.67. The first-order chi connectivity index (χ1) is 8.83. The van der Waals surface area contributed by atoms with E-state index >= 15 is 0 Å². The summed E-state index contributed by atoms with van der Waals surface area (Å²) in [5.41, 5.74) is 2.18. The van der Waals surface area contributed by atoms with E-state index in [0.717, 1.165) is 11.1 Å². The molecule has 0 amide bonds. The molecule has 4 heteroatoms. The zero-order valence-electron chi connectivity index (χ0n) is 9.82. The molecular weight excluding hydrogens is 224 g/mol. The summed E-state index contributed by atoms with van der Waals surface area (Å²) >= 11 is 0. The van der Waals surface area contributed by atoms with Gasteiger partial charge < -0.3 is 9.80 Å². The number of allylic oxidation sites excluding steroid dienone is 6. The number of hydrogen-bond acceptors (Lipinski definition) is 4. The lowest BCUT2D eigenvalue weighted by atomic mass is 10.0. The summed E-state index contributed by atoms with van der Waals surface area (Å²) in [5, 5.41) is 17.2. The SMILES string of the molecule is N#CCN1C=CC(=C2C=CN(CC#N)C=C2)C=C1. The quantitative estimate of drug-likeness (QED) is 0.688. The Hall–Kier alpha value is -2.72. The molecule has 0 bridgehead atoms. The molecule has 0 saturated carbocycles. The lowest BCUT2D eigenvalue weighted by molar-refractivity contribution is 0.564. The van der Waals surface area contributed by atoms with Gasteiger partial charge in [0, 0.05) is 24.8 Å². The molecule has 88 valence electrons. The highest BCUT2D eigenvalue weighted by atomic mass is 15.1. The fraction of sp³-hybridized carbons (Fsp3) is 0.143. The Labute approximate surface area is 106 Å². The van der Waals surface area contributed by atoms with Gasteiger partial charge in [0.2, 0.25) is 0 Å². The highest BCUT2D eigenvalue weighted by Crippen LogP contribution is 2.19. The second-order valence-electron chi connectivity index (χ2n) is 3.83. The van der Waals surface area contributed by atoms with Crippen LogP contribution >= 0.6 is 0 Å². The molecule has 0 radical (unpaired) electrons. The van der Waals surface area contributed by atoms with Crippen LogP contribution in [0.5, 0.6) is 0 Å². The molecule has 2 heterocycles. The second kappa shape index (κ2) is 5.56. The van der Waals surface area contributed by atoms with Crippen LogP contribution < -0.4 is 0 Å². The highest BCUT2D eigenvalue weighted by Gasteiger charge is 2.05. The molecule has 4 nitrogen and oxygen atoms in total. The van der Waals surface area contributed by atoms with Gasteiger partial charge in [-0.2, -0.15) is 10.5 Å². The van der Waals surface area contributed by atoms with E-state index in [9.17, 15) is 0 Å². The minimum atomic E-state index is 0.358. The van der Waals surface area contributed by atoms with Crippen molar-refractivity contribution in [2.75, 3.05) is 13.1 Å². The van der Waals surface area contributed by atoms with Gasteiger partial charge in [-0.15, -0.1) is 0 Å². The summed E-state index contributed by atoms with van der Waals surface area (Å²) < 4.78 is 0. The number of nitriles is 2. The smallest absolute Gasteiger partial charge is 0.109 e. The molecule has 0 saturated heterocycles. The molecule has 2 aliphatic heterocycles. The Morgan fingerprint density at radius 2 is 1.06 bits per heavy atom. The number of hydrogen-bond donors (Lipinski definition) is 0. The minimum absolute atomic E-state index is 0.358. The van der Waals surface area contributed by atoms with Crippen molar-refractivity contribution in [1.29, 1.82) is 10.5 Å². The maximum Gasteiger partial charge on any atom is 0.109 e. The van der Waals surface area contributed by atoms with E-state index in [0.29, 0.717) is 13.1 Å². The standard InChI is InChI=1S/C14H12N4/c15-5-11-17-7-1-13(2-8-17)14-3-9-18(10-4-14)12-6-16/h1-4,7-10H,11-12H2. The second-order valence-corrected chi connectivity index (χ2v) is 3.83. The summed E-state index contributed by atoms with van der Waals surface area (Å²) in [6, 6.07) is 4.19. The molecule has 2 aliphatic rings. The monoisotopic (exact) mass is 236 g/mol. The minimum Gasteiger partial charge on any atom is -0.341 e. The molecule has 0 fully saturated rings. The van der Waals surface area contributed by atoms with Crippen molar-refractivity contribution in [1.82, 2.24) is 9.80 Å². The van der Waals surface area contributed by atoms with Crippen molar-refractivity contribution in [2.24, 2.45) is 0 Å². The van der Waals surface area contributed by atoms with Gasteiger partial charge in [0.05, 0.1) is 12.1 Å². The van der Waals surface area contributed by atoms with Crippen LogP contribution in [-0.4, -0.2) is 22.9 Å². The maximum absolute atomic E-state index is 8.59. The van der Waals surface area contributed by atoms with Crippen molar-refractivity contribution >= 4 is 0 Å². The maximum atomic E-state index is 8.59. The Balaban J connectivity index is 2.09. The van der Waals surface area contributed by atoms with Crippen molar-refractivity contribution in [3.63, 3.8) is 0 Å². The van der Waals surface area contributed by atoms with E-state index in [2.05, 4.69) is 12.1 Å². The van der Waals surface area contributed by atoms with E-state index in [-0.39, 0.29) is 0 Å². The van der Waals surface area contributed by atoms with Gasteiger partial charge in [0.15, 0.2) is 0 Å². The molecule has 0 aliphatic carbocycles. The Morgan fingerprint density at radius 1 is 0.722 bits per heavy atom. The first-order valence-corrected chi connectivity index (χ1v) is 5.56. The molecule has 18 heavy (non-hydrogen) atoms. The van der Waals surface area contributed by atoms with Gasteiger partial charge in [-0.25, -0.2) is 0 Å². The average Bonchev–Trinajstić information content (AvgIpc) is 2.41. The van der Waals surface area contributed by atoms with Crippen LogP contribution in [0.2, 0.25) is 0 Å². The lowest BCUT2D eigenvalue weighted by Gasteiger charge is -2.18. The Morgan fingerprint density at radius 3 is 1.33 bits per heavy atom. The van der Waals surface area contributed by atoms with Crippen molar-refractivity contribution in [3.8, 4) is 12.1 Å². The van der Waals surface area contributed by atoms with Gasteiger partial charge in [-0.3, -0.25) is 0 Å². The lowest BCUT2D eigenvalue weighted by Crippen LogP contribution is -2.13. The van der Waals surface area contributed by atoms with Crippen molar-refractivity contribution in [3.05, 3.63) is 60.3 Å². The van der Waals surface area contributed by atoms with E-state index < -0.39 is 0 Å². The Kier molecular flexibility index (Phi) is 3.63. The zero-order chi connectivity index (χ0) is 12.8. The van der Waals surface area contributed by atoms with Gasteiger partial charge in [-0.1, -0.05) is 0 Å². The van der Waals surface area contributed by atoms with Gasteiger partial charge >= 0.3 is 0 Å². The van der Waals surface area contributed by atoms with E-state index in [1.54, 1.807) is 0 Å². The first-order valence-electron chi connectivity index (χ1n) is 5.56. The summed E-state index contributed by atoms with van der Waals surface area (Å²) in [7, 11) is 0. The molecule has 0 aromatic heterocycles. The third-order valence-corrected chi connectivity index (χ3v) is 2.62. The molecule has 0 unspecified atom stereocenters. The molecular formula is C14H12N4. The van der Waals surface area contributed by atoms with Crippen LogP contribution in [0.1, 0.15) is 0 Å². The predicted molar refractivity (Wildman–Crippen MR) is 68.2 cm³/mol. The number of nitrogens with zero attached hydrogens (tertiary/aromatic N) is 4. The van der Waals surface area contributed by atoms with Crippen LogP contribution in [0.25, 0.3) is 0 Å². The third-order valence-electron chi connectivity index (χ3n) is 2.62. The van der Waals surface area contributed by atoms with E-state index in [1.807, 2.05) is 58.9 Å². The summed E-state index contributed by atoms with van der Waals surface area (Å²) in [6.45, 7) is 0.717. The Bertz CT molecular complexity index is 467. The average molecular weight is 236 g/mol. The topological polar surface area (TPSA) is 54.1 Å². The van der Waals surface area contributed by atoms with E-state index in [1.165, 1.54) is 0 Å². The third kappa shape index (κ3) is 2.69. The molecule has 0 atom stereocenters. The zero-order valence-corrected chi connectivity index (χ0v) is 9.82. The van der Waals surface area contributed by atoms with Crippen LogP contribution in [-0.2, 0) is 0 Å². The van der Waals surface area contributed by atoms with E-state index in [4.69, 9.17) is 10.5 Å². The molecule has 0 spiro atoms. The van der Waals surface area contributed by atoms with Crippen LogP contribution in [0.15, 0.2) is 60.3 Å². The van der Waals surface area contributed by atoms with Crippen molar-refractivity contribution in [2.45, 2.75) is 0 Å². The molecule has 0 aromatic carbocycles. The van der Waals surface area contributed by atoms with Gasteiger partial charge in [0.25, 0.3) is 0 Å². The summed E-state index contributed by atoms with van der Waals surface area (Å²) in [6.07, 6.45) is 15.4. The van der Waals surface area contributed by atoms with Crippen LogP contribution in [0, 0.1) is 22.7 Å². The predicted octanol–water partition coefficient (Wildman–Crippen LogP) is 2.02. The normalized spacial score (nSPS) is 17.0.